The van der Waals surface area contributed by atoms with Crippen LogP contribution in [-0.2, 0) is 21.7 Å². The van der Waals surface area contributed by atoms with Crippen molar-refractivity contribution >= 4 is 45.5 Å². The van der Waals surface area contributed by atoms with Gasteiger partial charge in [0.2, 0.25) is 5.96 Å². The van der Waals surface area contributed by atoms with E-state index in [2.05, 4.69) is 43.2 Å². The lowest BCUT2D eigenvalue weighted by atomic mass is 9.74. The molecule has 1 radical (unpaired) electrons. The Morgan fingerprint density at radius 1 is 1.10 bits per heavy atom. The zero-order chi connectivity index (χ0) is 35.7. The van der Waals surface area contributed by atoms with Gasteiger partial charge in [-0.3, -0.25) is 9.69 Å². The molecule has 0 unspecified atom stereocenters. The lowest BCUT2D eigenvalue weighted by Gasteiger charge is -2.37. The quantitative estimate of drug-likeness (QED) is 0.171. The zero-order valence-corrected chi connectivity index (χ0v) is 28.2. The highest BCUT2D eigenvalue weighted by molar-refractivity contribution is 9.10. The number of aliphatic imine (C=N–C) groups is 1. The summed E-state index contributed by atoms with van der Waals surface area (Å²) in [5.74, 6) is -1.63. The smallest absolute Gasteiger partial charge is 0.437 e. The number of alkyl halides is 5. The highest BCUT2D eigenvalue weighted by Gasteiger charge is 2.60. The molecule has 2 amide bonds. The van der Waals surface area contributed by atoms with Crippen LogP contribution in [0.2, 0.25) is 5.02 Å². The molecule has 1 saturated heterocycles. The van der Waals surface area contributed by atoms with Crippen LogP contribution in [0.3, 0.4) is 0 Å². The van der Waals surface area contributed by atoms with Gasteiger partial charge >= 0.3 is 18.8 Å². The summed E-state index contributed by atoms with van der Waals surface area (Å²) >= 11 is 9.67. The molecule has 49 heavy (non-hydrogen) atoms. The second-order valence-electron chi connectivity index (χ2n) is 11.8. The van der Waals surface area contributed by atoms with Gasteiger partial charge in [0, 0.05) is 10.0 Å². The predicted molar refractivity (Wildman–Crippen MR) is 174 cm³/mol. The van der Waals surface area contributed by atoms with Crippen LogP contribution in [0.25, 0.3) is 11.4 Å². The third-order valence-electron chi connectivity index (χ3n) is 8.04. The van der Waals surface area contributed by atoms with Crippen molar-refractivity contribution in [3.05, 3.63) is 112 Å². The molecule has 257 valence electrons. The van der Waals surface area contributed by atoms with Crippen molar-refractivity contribution in [1.29, 1.82) is 0 Å². The maximum atomic E-state index is 14.7. The van der Waals surface area contributed by atoms with E-state index in [1.807, 2.05) is 0 Å². The molecule has 3 aromatic carbocycles. The number of nitrogens with zero attached hydrogens (tertiary/aromatic N) is 5. The first-order chi connectivity index (χ1) is 23.0. The molecule has 16 heteroatoms. The van der Waals surface area contributed by atoms with Crippen molar-refractivity contribution in [3.63, 3.8) is 0 Å². The van der Waals surface area contributed by atoms with Crippen molar-refractivity contribution in [1.82, 2.24) is 25.0 Å². The summed E-state index contributed by atoms with van der Waals surface area (Å²) in [7, 11) is 0. The van der Waals surface area contributed by atoms with Gasteiger partial charge in [-0.05, 0) is 54.3 Å². The van der Waals surface area contributed by atoms with Gasteiger partial charge in [0.25, 0.3) is 5.91 Å². The van der Waals surface area contributed by atoms with Gasteiger partial charge in [0.05, 0.1) is 16.5 Å². The molecular formula is C33H28BrClF5N6O3. The number of carbonyl (C=O) groups excluding carboxylic acids is 2. The normalized spacial score (nSPS) is 18.2. The average molecular weight is 767 g/mol. The Hall–Kier alpha value is -4.37. The fourth-order valence-electron chi connectivity index (χ4n) is 5.39. The minimum atomic E-state index is -4.74. The lowest BCUT2D eigenvalue weighted by molar-refractivity contribution is -0.218. The number of benzene rings is 3. The molecule has 0 spiro atoms. The number of halogens is 7. The van der Waals surface area contributed by atoms with E-state index in [4.69, 9.17) is 16.3 Å². The summed E-state index contributed by atoms with van der Waals surface area (Å²) in [5.41, 5.74) is -3.52. The number of hydrogen-bond acceptors (Lipinski definition) is 5. The predicted octanol–water partition coefficient (Wildman–Crippen LogP) is 8.63. The molecule has 1 aliphatic rings. The van der Waals surface area contributed by atoms with Crippen LogP contribution in [0, 0.1) is 12.3 Å². The monoisotopic (exact) mass is 765 g/mol. The number of carbonyl (C=O) groups is 2. The Morgan fingerprint density at radius 3 is 2.41 bits per heavy atom. The van der Waals surface area contributed by atoms with E-state index in [1.165, 1.54) is 30.3 Å². The minimum Gasteiger partial charge on any atom is -0.443 e. The molecule has 0 aliphatic carbocycles. The van der Waals surface area contributed by atoms with Crippen molar-refractivity contribution < 1.29 is 36.3 Å². The first-order valence-electron chi connectivity index (χ1n) is 14.6. The molecule has 9 nitrogen and oxygen atoms in total. The molecule has 0 bridgehead atoms. The van der Waals surface area contributed by atoms with Crippen LogP contribution in [0.5, 0.6) is 0 Å². The standard InChI is InChI=1S/C33H28BrClF5N6O3/c1-19(21-9-14-25(35)24(15-21)26-41-18-42-46(26)28(36)37)45-27(47)32(17-31(2,3)33(38,39)40,22-10-12-23(34)13-11-22)44-29(45)43-30(48)49-16-20-7-5-4-6-8-20/h4-15,18-19,28H,1,16-17H2,2-3H3,(H,43,44,48)/t19-,32+/m0/s1. The first kappa shape index (κ1) is 35.9. The summed E-state index contributed by atoms with van der Waals surface area (Å²) in [6.07, 6.45) is -5.78. The van der Waals surface area contributed by atoms with Gasteiger partial charge in [0.15, 0.2) is 5.82 Å². The molecule has 0 saturated carbocycles. The summed E-state index contributed by atoms with van der Waals surface area (Å²) in [5, 5.41) is 6.40. The topological polar surface area (TPSA) is 102 Å². The van der Waals surface area contributed by atoms with E-state index in [1.54, 1.807) is 42.5 Å². The van der Waals surface area contributed by atoms with Crippen molar-refractivity contribution in [2.75, 3.05) is 0 Å². The average Bonchev–Trinajstić information content (AvgIpc) is 3.63. The number of aromatic nitrogens is 3. The summed E-state index contributed by atoms with van der Waals surface area (Å²) in [6, 6.07) is 17.6. The Labute approximate surface area is 291 Å². The molecule has 5 rings (SSSR count). The third-order valence-corrected chi connectivity index (χ3v) is 8.90. The molecule has 2 heterocycles. The summed E-state index contributed by atoms with van der Waals surface area (Å²) < 4.78 is 76.8. The van der Waals surface area contributed by atoms with Crippen LogP contribution in [-0.4, -0.2) is 43.8 Å². The van der Waals surface area contributed by atoms with E-state index < -0.39 is 54.1 Å². The lowest BCUT2D eigenvalue weighted by Crippen LogP contribution is -2.50. The van der Waals surface area contributed by atoms with Crippen LogP contribution in [0.15, 0.2) is 88.6 Å². The number of hydrogen-bond donors (Lipinski definition) is 1. The van der Waals surface area contributed by atoms with Crippen LogP contribution < -0.4 is 5.32 Å². The molecule has 1 aliphatic heterocycles. The van der Waals surface area contributed by atoms with Gasteiger partial charge < -0.3 is 10.1 Å². The van der Waals surface area contributed by atoms with Crippen LogP contribution in [0.4, 0.5) is 26.7 Å². The number of nitrogens with one attached hydrogen (secondary N) is 1. The second-order valence-corrected chi connectivity index (χ2v) is 13.1. The fourth-order valence-corrected chi connectivity index (χ4v) is 5.85. The number of guanidine groups is 1. The van der Waals surface area contributed by atoms with E-state index in [-0.39, 0.29) is 34.1 Å². The van der Waals surface area contributed by atoms with E-state index in [0.29, 0.717) is 14.7 Å². The molecule has 2 atom stereocenters. The van der Waals surface area contributed by atoms with Crippen molar-refractivity contribution in [2.24, 2.45) is 10.4 Å². The molecular weight excluding hydrogens is 739 g/mol. The van der Waals surface area contributed by atoms with E-state index in [9.17, 15) is 31.5 Å². The van der Waals surface area contributed by atoms with Crippen molar-refractivity contribution in [3.8, 4) is 11.4 Å². The van der Waals surface area contributed by atoms with Crippen LogP contribution >= 0.6 is 27.5 Å². The largest absolute Gasteiger partial charge is 0.443 e. The van der Waals surface area contributed by atoms with Gasteiger partial charge in [-0.1, -0.05) is 89.9 Å². The minimum absolute atomic E-state index is 0.0170. The highest BCUT2D eigenvalue weighted by atomic mass is 79.9. The molecule has 1 aromatic heterocycles. The number of ether oxygens (including phenoxy) is 1. The SMILES string of the molecule is [CH2][C@@H](c1ccc(Cl)c(-c2ncnn2C(F)F)c1)N1C(=O)[C@@](CC(C)(C)C(F)(F)F)(c2ccc(Br)cc2)NC1=NC(=O)OCc1ccccc1. The molecule has 1 N–H and O–H groups in total. The first-order valence-corrected chi connectivity index (χ1v) is 15.8. The number of amides is 2. The maximum Gasteiger partial charge on any atom is 0.437 e. The third kappa shape index (κ3) is 7.32. The summed E-state index contributed by atoms with van der Waals surface area (Å²) in [6.45, 7) is 2.78. The Bertz CT molecular complexity index is 1870. The zero-order valence-electron chi connectivity index (χ0n) is 25.9. The fraction of sp³-hybridized carbons (Fsp3) is 0.273. The van der Waals surface area contributed by atoms with E-state index >= 15 is 0 Å². The van der Waals surface area contributed by atoms with Crippen LogP contribution in [0.1, 0.15) is 49.5 Å². The summed E-state index contributed by atoms with van der Waals surface area (Å²) in [4.78, 5) is 36.6. The van der Waals surface area contributed by atoms with Gasteiger partial charge in [-0.2, -0.15) is 31.7 Å². The van der Waals surface area contributed by atoms with Crippen molar-refractivity contribution in [2.45, 2.75) is 51.2 Å². The van der Waals surface area contributed by atoms with Gasteiger partial charge in [-0.15, -0.1) is 4.99 Å². The maximum absolute atomic E-state index is 14.7. The van der Waals surface area contributed by atoms with Gasteiger partial charge in [0.1, 0.15) is 18.5 Å². The molecule has 1 fully saturated rings. The van der Waals surface area contributed by atoms with Gasteiger partial charge in [-0.25, -0.2) is 9.78 Å². The number of rotatable bonds is 9. The Kier molecular flexibility index (Phi) is 10.2. The Balaban J connectivity index is 1.63. The highest BCUT2D eigenvalue weighted by Crippen LogP contribution is 2.49. The Morgan fingerprint density at radius 2 is 1.78 bits per heavy atom. The molecule has 4 aromatic rings. The second kappa shape index (κ2) is 13.9. The van der Waals surface area contributed by atoms with E-state index in [0.717, 1.165) is 25.1 Å².